The summed E-state index contributed by atoms with van der Waals surface area (Å²) < 4.78 is 18.1. The number of para-hydroxylation sites is 3. The molecule has 1 aliphatic heterocycles. The van der Waals surface area contributed by atoms with Crippen LogP contribution in [0, 0.1) is 6.92 Å². The lowest BCUT2D eigenvalue weighted by atomic mass is 10.0. The number of amides is 1. The van der Waals surface area contributed by atoms with E-state index < -0.39 is 0 Å². The molecule has 2 heterocycles. The Labute approximate surface area is 197 Å². The Bertz CT molecular complexity index is 1410. The van der Waals surface area contributed by atoms with Gasteiger partial charge in [-0.05, 0) is 38.1 Å². The lowest BCUT2D eigenvalue weighted by molar-refractivity contribution is 0.0475. The van der Waals surface area contributed by atoms with Crippen molar-refractivity contribution in [1.82, 2.24) is 4.90 Å². The number of ether oxygens (including phenoxy) is 2. The summed E-state index contributed by atoms with van der Waals surface area (Å²) in [5.74, 6) is 1.62. The van der Waals surface area contributed by atoms with Crippen LogP contribution in [0.5, 0.6) is 11.5 Å². The van der Waals surface area contributed by atoms with Crippen molar-refractivity contribution in [2.75, 3.05) is 19.7 Å². The first-order valence-corrected chi connectivity index (χ1v) is 11.4. The zero-order chi connectivity index (χ0) is 23.7. The van der Waals surface area contributed by atoms with Gasteiger partial charge in [-0.3, -0.25) is 9.59 Å². The molecule has 0 spiro atoms. The maximum absolute atomic E-state index is 13.6. The van der Waals surface area contributed by atoms with Gasteiger partial charge in [-0.15, -0.1) is 0 Å². The van der Waals surface area contributed by atoms with E-state index in [1.54, 1.807) is 30.0 Å². The molecule has 0 fully saturated rings. The first kappa shape index (κ1) is 21.8. The summed E-state index contributed by atoms with van der Waals surface area (Å²) >= 11 is 0. The number of benzene rings is 3. The number of likely N-dealkylation sites (N-methyl/N-ethyl adjacent to an activating group) is 1. The molecule has 6 nitrogen and oxygen atoms in total. The van der Waals surface area contributed by atoms with Gasteiger partial charge in [0.2, 0.25) is 0 Å². The first-order valence-electron chi connectivity index (χ1n) is 11.4. The molecule has 6 heteroatoms. The molecule has 1 aromatic heterocycles. The Morgan fingerprint density at radius 1 is 0.971 bits per heavy atom. The van der Waals surface area contributed by atoms with Gasteiger partial charge in [0.25, 0.3) is 5.91 Å². The van der Waals surface area contributed by atoms with Crippen molar-refractivity contribution in [2.45, 2.75) is 20.0 Å². The third-order valence-corrected chi connectivity index (χ3v) is 6.07. The van der Waals surface area contributed by atoms with E-state index >= 15 is 0 Å². The monoisotopic (exact) mass is 455 g/mol. The van der Waals surface area contributed by atoms with Crippen LogP contribution in [0.2, 0.25) is 0 Å². The molecule has 0 radical (unpaired) electrons. The summed E-state index contributed by atoms with van der Waals surface area (Å²) in [6.07, 6.45) is -0.303. The molecule has 0 saturated carbocycles. The van der Waals surface area contributed by atoms with Crippen LogP contribution in [0.25, 0.3) is 22.3 Å². The number of nitrogens with zero attached hydrogens (tertiary/aromatic N) is 1. The van der Waals surface area contributed by atoms with E-state index in [2.05, 4.69) is 0 Å². The zero-order valence-corrected chi connectivity index (χ0v) is 19.1. The summed E-state index contributed by atoms with van der Waals surface area (Å²) in [6.45, 7) is 4.83. The summed E-state index contributed by atoms with van der Waals surface area (Å²) in [7, 11) is 0. The maximum Gasteiger partial charge on any atom is 0.257 e. The average Bonchev–Trinajstić information content (AvgIpc) is 2.89. The molecule has 5 rings (SSSR count). The number of fused-ring (bicyclic) bond motifs is 2. The van der Waals surface area contributed by atoms with Gasteiger partial charge in [-0.2, -0.15) is 0 Å². The van der Waals surface area contributed by atoms with Gasteiger partial charge in [-0.1, -0.05) is 48.5 Å². The van der Waals surface area contributed by atoms with Crippen molar-refractivity contribution in [3.63, 3.8) is 0 Å². The van der Waals surface area contributed by atoms with E-state index in [9.17, 15) is 9.59 Å². The SMILES string of the molecule is CCN(C[C@@H]1COc2ccccc2O1)C(=O)c1cccc2c(=O)c(C)c(-c3ccccc3)oc12. The molecule has 34 heavy (non-hydrogen) atoms. The highest BCUT2D eigenvalue weighted by atomic mass is 16.6. The smallest absolute Gasteiger partial charge is 0.257 e. The highest BCUT2D eigenvalue weighted by Crippen LogP contribution is 2.32. The summed E-state index contributed by atoms with van der Waals surface area (Å²) in [6, 6.07) is 22.1. The second-order valence-corrected chi connectivity index (χ2v) is 8.27. The molecule has 0 bridgehead atoms. The summed E-state index contributed by atoms with van der Waals surface area (Å²) in [4.78, 5) is 28.5. The molecular weight excluding hydrogens is 430 g/mol. The van der Waals surface area contributed by atoms with Crippen LogP contribution in [0.4, 0.5) is 0 Å². The quantitative estimate of drug-likeness (QED) is 0.420. The molecule has 0 aliphatic carbocycles. The Balaban J connectivity index is 1.50. The molecule has 0 N–H and O–H groups in total. The molecule has 1 atom stereocenters. The Morgan fingerprint density at radius 3 is 2.47 bits per heavy atom. The molecule has 3 aromatic carbocycles. The van der Waals surface area contributed by atoms with E-state index in [4.69, 9.17) is 13.9 Å². The van der Waals surface area contributed by atoms with Gasteiger partial charge in [0.1, 0.15) is 12.4 Å². The van der Waals surface area contributed by atoms with Gasteiger partial charge in [-0.25, -0.2) is 0 Å². The number of hydrogen-bond acceptors (Lipinski definition) is 5. The zero-order valence-electron chi connectivity index (χ0n) is 19.1. The van der Waals surface area contributed by atoms with Crippen LogP contribution in [0.3, 0.4) is 0 Å². The Hall–Kier alpha value is -4.06. The van der Waals surface area contributed by atoms with E-state index in [0.29, 0.717) is 59.1 Å². The molecule has 4 aromatic rings. The third kappa shape index (κ3) is 3.92. The van der Waals surface area contributed by atoms with E-state index in [0.717, 1.165) is 5.56 Å². The standard InChI is InChI=1S/C28H25NO5/c1-3-29(16-20-17-32-23-14-7-8-15-24(23)33-20)28(31)22-13-9-12-21-25(30)18(2)26(34-27(21)22)19-10-5-4-6-11-19/h4-15,20H,3,16-17H2,1-2H3/t20-/m1/s1. The lowest BCUT2D eigenvalue weighted by Gasteiger charge is -2.31. The van der Waals surface area contributed by atoms with E-state index in [-0.39, 0.29) is 17.4 Å². The first-order chi connectivity index (χ1) is 16.6. The summed E-state index contributed by atoms with van der Waals surface area (Å²) in [5.41, 5.74) is 1.82. The fourth-order valence-corrected chi connectivity index (χ4v) is 4.27. The second-order valence-electron chi connectivity index (χ2n) is 8.27. The Kier molecular flexibility index (Phi) is 5.80. The van der Waals surface area contributed by atoms with Gasteiger partial charge in [0.15, 0.2) is 28.6 Å². The number of rotatable bonds is 5. The second kappa shape index (κ2) is 9.06. The number of carbonyl (C=O) groups is 1. The van der Waals surface area contributed by atoms with E-state index in [1.807, 2.05) is 61.5 Å². The predicted molar refractivity (Wildman–Crippen MR) is 131 cm³/mol. The van der Waals surface area contributed by atoms with Gasteiger partial charge in [0.05, 0.1) is 17.5 Å². The minimum atomic E-state index is -0.303. The van der Waals surface area contributed by atoms with Crippen LogP contribution < -0.4 is 14.9 Å². The molecular formula is C28H25NO5. The largest absolute Gasteiger partial charge is 0.486 e. The minimum Gasteiger partial charge on any atom is -0.486 e. The topological polar surface area (TPSA) is 69.0 Å². The lowest BCUT2D eigenvalue weighted by Crippen LogP contribution is -2.43. The van der Waals surface area contributed by atoms with Crippen molar-refractivity contribution in [3.8, 4) is 22.8 Å². The van der Waals surface area contributed by atoms with Crippen molar-refractivity contribution in [3.05, 3.63) is 94.1 Å². The van der Waals surface area contributed by atoms with Crippen LogP contribution in [0.1, 0.15) is 22.8 Å². The van der Waals surface area contributed by atoms with Gasteiger partial charge >= 0.3 is 0 Å². The van der Waals surface area contributed by atoms with E-state index in [1.165, 1.54) is 0 Å². The predicted octanol–water partition coefficient (Wildman–Crippen LogP) is 5.07. The molecule has 1 aliphatic rings. The van der Waals surface area contributed by atoms with Gasteiger partial charge < -0.3 is 18.8 Å². The third-order valence-electron chi connectivity index (χ3n) is 6.07. The highest BCUT2D eigenvalue weighted by molar-refractivity contribution is 6.05. The molecule has 1 amide bonds. The van der Waals surface area contributed by atoms with Crippen molar-refractivity contribution >= 4 is 16.9 Å². The van der Waals surface area contributed by atoms with Crippen molar-refractivity contribution < 1.29 is 18.7 Å². The van der Waals surface area contributed by atoms with Crippen LogP contribution in [0.15, 0.2) is 82.0 Å². The van der Waals surface area contributed by atoms with Gasteiger partial charge in [0, 0.05) is 17.7 Å². The number of hydrogen-bond donors (Lipinski definition) is 0. The molecule has 0 saturated heterocycles. The highest BCUT2D eigenvalue weighted by Gasteiger charge is 2.27. The number of carbonyl (C=O) groups excluding carboxylic acids is 1. The maximum atomic E-state index is 13.6. The minimum absolute atomic E-state index is 0.140. The van der Waals surface area contributed by atoms with Crippen LogP contribution >= 0.6 is 0 Å². The average molecular weight is 456 g/mol. The molecule has 172 valence electrons. The van der Waals surface area contributed by atoms with Crippen molar-refractivity contribution in [1.29, 1.82) is 0 Å². The van der Waals surface area contributed by atoms with Crippen LogP contribution in [-0.2, 0) is 0 Å². The Morgan fingerprint density at radius 2 is 1.71 bits per heavy atom. The van der Waals surface area contributed by atoms with Crippen molar-refractivity contribution in [2.24, 2.45) is 0 Å². The fraction of sp³-hybridized carbons (Fsp3) is 0.214. The summed E-state index contributed by atoms with van der Waals surface area (Å²) in [5, 5.41) is 0.394. The fourth-order valence-electron chi connectivity index (χ4n) is 4.27. The van der Waals surface area contributed by atoms with Crippen LogP contribution in [-0.4, -0.2) is 36.6 Å². The normalized spacial score (nSPS) is 14.7. The molecule has 0 unspecified atom stereocenters.